The van der Waals surface area contributed by atoms with Crippen molar-refractivity contribution in [3.05, 3.63) is 83.6 Å². The number of amides is 3. The molecule has 1 heterocycles. The van der Waals surface area contributed by atoms with Crippen molar-refractivity contribution in [2.24, 2.45) is 0 Å². The van der Waals surface area contributed by atoms with Crippen LogP contribution >= 0.6 is 0 Å². The Bertz CT molecular complexity index is 1140. The number of benzene rings is 3. The summed E-state index contributed by atoms with van der Waals surface area (Å²) in [5.74, 6) is 0.256. The molecular formula is C23H21N3O3. The Kier molecular flexibility index (Phi) is 4.91. The highest BCUT2D eigenvalue weighted by Crippen LogP contribution is 2.31. The van der Waals surface area contributed by atoms with Crippen LogP contribution in [0.3, 0.4) is 0 Å². The van der Waals surface area contributed by atoms with Crippen LogP contribution in [0.1, 0.15) is 18.5 Å². The maximum absolute atomic E-state index is 13.2. The van der Waals surface area contributed by atoms with E-state index in [1.54, 1.807) is 26.2 Å². The van der Waals surface area contributed by atoms with E-state index in [2.05, 4.69) is 16.0 Å². The molecule has 0 spiro atoms. The third-order valence-electron chi connectivity index (χ3n) is 4.98. The number of hydrogen-bond acceptors (Lipinski definition) is 3. The minimum Gasteiger partial charge on any atom is -0.495 e. The van der Waals surface area contributed by atoms with E-state index in [0.717, 1.165) is 16.3 Å². The van der Waals surface area contributed by atoms with Gasteiger partial charge in [0.15, 0.2) is 0 Å². The minimum atomic E-state index is -0.567. The Labute approximate surface area is 168 Å². The number of methoxy groups -OCH3 is 1. The zero-order chi connectivity index (χ0) is 20.4. The van der Waals surface area contributed by atoms with E-state index in [4.69, 9.17) is 4.74 Å². The average Bonchev–Trinajstić information content (AvgIpc) is 2.73. The number of anilines is 1. The zero-order valence-electron chi connectivity index (χ0n) is 16.2. The smallest absolute Gasteiger partial charge is 0.319 e. The lowest BCUT2D eigenvalue weighted by molar-refractivity contribution is -0.113. The minimum absolute atomic E-state index is 0.308. The Morgan fingerprint density at radius 2 is 1.72 bits per heavy atom. The molecule has 1 aliphatic rings. The molecule has 146 valence electrons. The number of carbonyl (C=O) groups excluding carboxylic acids is 2. The van der Waals surface area contributed by atoms with E-state index in [1.165, 1.54) is 0 Å². The number of para-hydroxylation sites is 2. The summed E-state index contributed by atoms with van der Waals surface area (Å²) < 4.78 is 5.32. The van der Waals surface area contributed by atoms with Gasteiger partial charge in [0.2, 0.25) is 0 Å². The SMILES string of the molecule is COc1ccccc1NC(=O)C1=C(C)NC(=O)N[C@H]1c1ccc2ccccc2c1. The van der Waals surface area contributed by atoms with Crippen LogP contribution in [0.5, 0.6) is 5.75 Å². The van der Waals surface area contributed by atoms with E-state index >= 15 is 0 Å². The van der Waals surface area contributed by atoms with Crippen LogP contribution in [0, 0.1) is 0 Å². The lowest BCUT2D eigenvalue weighted by atomic mass is 9.93. The molecule has 3 amide bonds. The summed E-state index contributed by atoms with van der Waals surface area (Å²) in [6, 6.07) is 20.2. The number of ether oxygens (including phenoxy) is 1. The van der Waals surface area contributed by atoms with Gasteiger partial charge in [-0.15, -0.1) is 0 Å². The molecule has 1 atom stereocenters. The highest BCUT2D eigenvalue weighted by Gasteiger charge is 2.31. The molecular weight excluding hydrogens is 366 g/mol. The third-order valence-corrected chi connectivity index (χ3v) is 4.98. The van der Waals surface area contributed by atoms with Crippen LogP contribution in [-0.4, -0.2) is 19.0 Å². The van der Waals surface area contributed by atoms with Crippen molar-refractivity contribution in [2.45, 2.75) is 13.0 Å². The topological polar surface area (TPSA) is 79.5 Å². The maximum Gasteiger partial charge on any atom is 0.319 e. The lowest BCUT2D eigenvalue weighted by Gasteiger charge is -2.29. The fraction of sp³-hybridized carbons (Fsp3) is 0.130. The molecule has 0 bridgehead atoms. The van der Waals surface area contributed by atoms with Gasteiger partial charge < -0.3 is 20.7 Å². The molecule has 1 aliphatic heterocycles. The second-order valence-electron chi connectivity index (χ2n) is 6.83. The van der Waals surface area contributed by atoms with Crippen LogP contribution in [0.25, 0.3) is 10.8 Å². The number of hydrogen-bond donors (Lipinski definition) is 3. The molecule has 4 rings (SSSR count). The molecule has 3 aromatic rings. The largest absolute Gasteiger partial charge is 0.495 e. The lowest BCUT2D eigenvalue weighted by Crippen LogP contribution is -2.46. The van der Waals surface area contributed by atoms with Gasteiger partial charge in [-0.3, -0.25) is 4.79 Å². The van der Waals surface area contributed by atoms with E-state index in [9.17, 15) is 9.59 Å². The molecule has 0 aromatic heterocycles. The third kappa shape index (κ3) is 3.65. The van der Waals surface area contributed by atoms with E-state index < -0.39 is 6.04 Å². The summed E-state index contributed by atoms with van der Waals surface area (Å²) >= 11 is 0. The van der Waals surface area contributed by atoms with Crippen LogP contribution in [0.15, 0.2) is 78.0 Å². The summed E-state index contributed by atoms with van der Waals surface area (Å²) in [6.07, 6.45) is 0. The monoisotopic (exact) mass is 387 g/mol. The number of fused-ring (bicyclic) bond motifs is 1. The predicted octanol–water partition coefficient (Wildman–Crippen LogP) is 4.12. The van der Waals surface area contributed by atoms with Crippen molar-refractivity contribution in [3.8, 4) is 5.75 Å². The fourth-order valence-electron chi connectivity index (χ4n) is 3.57. The first-order valence-corrected chi connectivity index (χ1v) is 9.28. The Morgan fingerprint density at radius 1 is 1.00 bits per heavy atom. The molecule has 3 N–H and O–H groups in total. The van der Waals surface area contributed by atoms with E-state index in [1.807, 2.05) is 54.6 Å². The number of urea groups is 1. The van der Waals surface area contributed by atoms with Gasteiger partial charge in [0.1, 0.15) is 5.75 Å². The molecule has 0 fully saturated rings. The number of nitrogens with one attached hydrogen (secondary N) is 3. The van der Waals surface area contributed by atoms with Gasteiger partial charge in [-0.25, -0.2) is 4.79 Å². The quantitative estimate of drug-likeness (QED) is 0.630. The first-order valence-electron chi connectivity index (χ1n) is 9.28. The van der Waals surface area contributed by atoms with Crippen LogP contribution in [0.2, 0.25) is 0 Å². The molecule has 6 heteroatoms. The standard InChI is InChI=1S/C23H21N3O3/c1-14-20(22(27)25-18-9-5-6-10-19(18)29-2)21(26-23(28)24-14)17-12-11-15-7-3-4-8-16(15)13-17/h3-13,21H,1-2H3,(H,25,27)(H2,24,26,28)/t21-/m0/s1. The molecule has 0 saturated carbocycles. The summed E-state index contributed by atoms with van der Waals surface area (Å²) in [5, 5.41) is 10.6. The van der Waals surface area contributed by atoms with Gasteiger partial charge in [0.25, 0.3) is 5.91 Å². The maximum atomic E-state index is 13.2. The Balaban J connectivity index is 1.72. The van der Waals surface area contributed by atoms with Crippen molar-refractivity contribution in [1.82, 2.24) is 10.6 Å². The molecule has 0 unspecified atom stereocenters. The fourth-order valence-corrected chi connectivity index (χ4v) is 3.57. The van der Waals surface area contributed by atoms with Gasteiger partial charge in [-0.2, -0.15) is 0 Å². The van der Waals surface area contributed by atoms with Crippen LogP contribution < -0.4 is 20.7 Å². The first kappa shape index (κ1) is 18.6. The van der Waals surface area contributed by atoms with Gasteiger partial charge in [0.05, 0.1) is 24.4 Å². The van der Waals surface area contributed by atoms with Crippen LogP contribution in [-0.2, 0) is 4.79 Å². The highest BCUT2D eigenvalue weighted by atomic mass is 16.5. The van der Waals surface area contributed by atoms with Crippen molar-refractivity contribution in [1.29, 1.82) is 0 Å². The molecule has 0 aliphatic carbocycles. The average molecular weight is 387 g/mol. The second kappa shape index (κ2) is 7.67. The van der Waals surface area contributed by atoms with Crippen molar-refractivity contribution >= 4 is 28.4 Å². The molecule has 29 heavy (non-hydrogen) atoms. The van der Waals surface area contributed by atoms with E-state index in [-0.39, 0.29) is 11.9 Å². The molecule has 0 saturated heterocycles. The zero-order valence-corrected chi connectivity index (χ0v) is 16.2. The van der Waals surface area contributed by atoms with Crippen molar-refractivity contribution < 1.29 is 14.3 Å². The number of carbonyl (C=O) groups is 2. The summed E-state index contributed by atoms with van der Waals surface area (Å²) in [6.45, 7) is 1.73. The van der Waals surface area contributed by atoms with Gasteiger partial charge in [0, 0.05) is 5.70 Å². The summed E-state index contributed by atoms with van der Waals surface area (Å²) in [5.41, 5.74) is 2.36. The predicted molar refractivity (Wildman–Crippen MR) is 113 cm³/mol. The molecule has 0 radical (unpaired) electrons. The Hall–Kier alpha value is -3.80. The van der Waals surface area contributed by atoms with Crippen molar-refractivity contribution in [2.75, 3.05) is 12.4 Å². The van der Waals surface area contributed by atoms with E-state index in [0.29, 0.717) is 22.7 Å². The highest BCUT2D eigenvalue weighted by molar-refractivity contribution is 6.07. The first-order chi connectivity index (χ1) is 14.1. The summed E-state index contributed by atoms with van der Waals surface area (Å²) in [7, 11) is 1.55. The summed E-state index contributed by atoms with van der Waals surface area (Å²) in [4.78, 5) is 25.3. The molecule has 6 nitrogen and oxygen atoms in total. The van der Waals surface area contributed by atoms with Crippen molar-refractivity contribution in [3.63, 3.8) is 0 Å². The number of rotatable bonds is 4. The van der Waals surface area contributed by atoms with Gasteiger partial charge in [-0.05, 0) is 41.5 Å². The second-order valence-corrected chi connectivity index (χ2v) is 6.83. The van der Waals surface area contributed by atoms with Crippen LogP contribution in [0.4, 0.5) is 10.5 Å². The van der Waals surface area contributed by atoms with Gasteiger partial charge >= 0.3 is 6.03 Å². The Morgan fingerprint density at radius 3 is 2.52 bits per heavy atom. The van der Waals surface area contributed by atoms with Gasteiger partial charge in [-0.1, -0.05) is 48.5 Å². The normalized spacial score (nSPS) is 16.2. The molecule has 3 aromatic carbocycles. The number of allylic oxidation sites excluding steroid dienone is 1.